The fourth-order valence-corrected chi connectivity index (χ4v) is 3.16. The van der Waals surface area contributed by atoms with Crippen molar-refractivity contribution in [3.63, 3.8) is 0 Å². The maximum Gasteiger partial charge on any atom is 0.331 e. The number of benzene rings is 1. The zero-order valence-electron chi connectivity index (χ0n) is 9.32. The van der Waals surface area contributed by atoms with E-state index < -0.39 is 25.9 Å². The molecule has 98 valence electrons. The first-order chi connectivity index (χ1) is 8.27. The van der Waals surface area contributed by atoms with Gasteiger partial charge in [-0.05, 0) is 19.1 Å². The summed E-state index contributed by atoms with van der Waals surface area (Å²) < 4.78 is 49.5. The normalized spacial score (nSPS) is 11.8. The number of hydrogen-bond donors (Lipinski definition) is 1. The van der Waals surface area contributed by atoms with Crippen LogP contribution in [0.2, 0.25) is 0 Å². The SMILES string of the molecule is Cc1ccc(S(=O)(=O)CNS(=O)(=O)N=C=O)cc1. The van der Waals surface area contributed by atoms with Gasteiger partial charge in [-0.2, -0.15) is 13.1 Å². The summed E-state index contributed by atoms with van der Waals surface area (Å²) in [4.78, 5) is 9.77. The van der Waals surface area contributed by atoms with Gasteiger partial charge in [-0.3, -0.25) is 0 Å². The second kappa shape index (κ2) is 5.40. The van der Waals surface area contributed by atoms with E-state index in [-0.39, 0.29) is 4.90 Å². The fraction of sp³-hybridized carbons (Fsp3) is 0.222. The summed E-state index contributed by atoms with van der Waals surface area (Å²) in [5.74, 6) is -0.871. The third-order valence-electron chi connectivity index (χ3n) is 1.97. The van der Waals surface area contributed by atoms with Crippen LogP contribution < -0.4 is 4.72 Å². The van der Waals surface area contributed by atoms with Crippen molar-refractivity contribution in [2.24, 2.45) is 4.40 Å². The molecule has 7 nitrogen and oxygen atoms in total. The van der Waals surface area contributed by atoms with Gasteiger partial charge in [-0.25, -0.2) is 13.2 Å². The minimum atomic E-state index is -4.31. The average molecular weight is 290 g/mol. The molecule has 0 saturated heterocycles. The summed E-state index contributed by atoms with van der Waals surface area (Å²) >= 11 is 0. The molecular formula is C9H10N2O5S2. The van der Waals surface area contributed by atoms with Gasteiger partial charge in [0.05, 0.1) is 4.90 Å². The van der Waals surface area contributed by atoms with Crippen molar-refractivity contribution >= 4 is 26.1 Å². The lowest BCUT2D eigenvalue weighted by Gasteiger charge is -2.04. The highest BCUT2D eigenvalue weighted by atomic mass is 32.2. The van der Waals surface area contributed by atoms with Crippen molar-refractivity contribution in [2.75, 3.05) is 5.88 Å². The molecule has 1 rings (SSSR count). The summed E-state index contributed by atoms with van der Waals surface area (Å²) in [5, 5.41) is 0. The molecule has 0 saturated carbocycles. The van der Waals surface area contributed by atoms with Crippen LogP contribution in [-0.2, 0) is 24.8 Å². The zero-order valence-corrected chi connectivity index (χ0v) is 11.0. The highest BCUT2D eigenvalue weighted by Crippen LogP contribution is 2.11. The Morgan fingerprint density at radius 1 is 1.17 bits per heavy atom. The Kier molecular flexibility index (Phi) is 4.36. The van der Waals surface area contributed by atoms with Crippen LogP contribution in [0.1, 0.15) is 5.56 Å². The second-order valence-corrected chi connectivity index (χ2v) is 6.79. The number of aryl methyl sites for hydroxylation is 1. The predicted molar refractivity (Wildman–Crippen MR) is 63.4 cm³/mol. The average Bonchev–Trinajstić information content (AvgIpc) is 2.27. The molecule has 1 N–H and O–H groups in total. The summed E-state index contributed by atoms with van der Waals surface area (Å²) in [6.45, 7) is 1.79. The van der Waals surface area contributed by atoms with E-state index in [0.717, 1.165) is 11.6 Å². The molecule has 0 spiro atoms. The summed E-state index contributed by atoms with van der Waals surface area (Å²) in [5.41, 5.74) is 0.875. The van der Waals surface area contributed by atoms with Crippen molar-refractivity contribution in [3.8, 4) is 0 Å². The van der Waals surface area contributed by atoms with Crippen LogP contribution in [0.4, 0.5) is 0 Å². The Morgan fingerprint density at radius 2 is 1.72 bits per heavy atom. The van der Waals surface area contributed by atoms with Crippen LogP contribution in [-0.4, -0.2) is 28.8 Å². The van der Waals surface area contributed by atoms with E-state index in [4.69, 9.17) is 0 Å². The molecule has 0 unspecified atom stereocenters. The van der Waals surface area contributed by atoms with Gasteiger partial charge < -0.3 is 0 Å². The molecule has 0 heterocycles. The van der Waals surface area contributed by atoms with Crippen LogP contribution in [0.5, 0.6) is 0 Å². The summed E-state index contributed by atoms with van der Waals surface area (Å²) in [6.07, 6.45) is 0.821. The van der Waals surface area contributed by atoms with Crippen molar-refractivity contribution in [1.29, 1.82) is 0 Å². The quantitative estimate of drug-likeness (QED) is 0.601. The van der Waals surface area contributed by atoms with Crippen molar-refractivity contribution < 1.29 is 21.6 Å². The van der Waals surface area contributed by atoms with Gasteiger partial charge in [-0.15, -0.1) is 0 Å². The second-order valence-electron chi connectivity index (χ2n) is 3.37. The summed E-state index contributed by atoms with van der Waals surface area (Å²) in [6, 6.07) is 5.90. The lowest BCUT2D eigenvalue weighted by Crippen LogP contribution is -2.28. The van der Waals surface area contributed by atoms with Crippen molar-refractivity contribution in [2.45, 2.75) is 11.8 Å². The standard InChI is InChI=1S/C9H10N2O5S2/c1-8-2-4-9(5-3-8)17(13,14)7-11-18(15,16)10-6-12/h2-5,11H,7H2,1H3. The molecule has 9 heteroatoms. The van der Waals surface area contributed by atoms with E-state index in [9.17, 15) is 21.6 Å². The number of hydrogen-bond acceptors (Lipinski definition) is 5. The molecule has 1 aromatic rings. The maximum absolute atomic E-state index is 11.7. The van der Waals surface area contributed by atoms with Crippen LogP contribution in [0.15, 0.2) is 33.6 Å². The molecule has 0 aliphatic rings. The largest absolute Gasteiger partial charge is 0.331 e. The van der Waals surface area contributed by atoms with Gasteiger partial charge in [-0.1, -0.05) is 22.1 Å². The van der Waals surface area contributed by atoms with E-state index in [1.807, 2.05) is 0 Å². The molecule has 0 atom stereocenters. The Hall–Kier alpha value is -1.54. The zero-order chi connectivity index (χ0) is 13.8. The molecule has 0 bridgehead atoms. The number of carbonyl (C=O) groups excluding carboxylic acids is 1. The lowest BCUT2D eigenvalue weighted by atomic mass is 10.2. The van der Waals surface area contributed by atoms with Crippen molar-refractivity contribution in [3.05, 3.63) is 29.8 Å². The molecule has 1 aromatic carbocycles. The Morgan fingerprint density at radius 3 is 2.22 bits per heavy atom. The number of rotatable bonds is 5. The number of nitrogens with one attached hydrogen (secondary N) is 1. The monoisotopic (exact) mass is 290 g/mol. The third-order valence-corrected chi connectivity index (χ3v) is 4.49. The van der Waals surface area contributed by atoms with Crippen LogP contribution in [0, 0.1) is 6.92 Å². The van der Waals surface area contributed by atoms with Crippen molar-refractivity contribution in [1.82, 2.24) is 4.72 Å². The van der Waals surface area contributed by atoms with Gasteiger partial charge in [0.2, 0.25) is 0 Å². The minimum absolute atomic E-state index is 0.0223. The first-order valence-electron chi connectivity index (χ1n) is 4.65. The Labute approximate surface area is 105 Å². The van der Waals surface area contributed by atoms with Gasteiger partial charge in [0, 0.05) is 0 Å². The number of nitrogens with zero attached hydrogens (tertiary/aromatic N) is 1. The molecule has 0 radical (unpaired) electrons. The lowest BCUT2D eigenvalue weighted by molar-refractivity contribution is 0.561. The topological polar surface area (TPSA) is 110 Å². The van der Waals surface area contributed by atoms with E-state index in [2.05, 4.69) is 4.40 Å². The van der Waals surface area contributed by atoms with Gasteiger partial charge >= 0.3 is 10.2 Å². The molecule has 0 amide bonds. The molecule has 0 fully saturated rings. The predicted octanol–water partition coefficient (Wildman–Crippen LogP) is -0.104. The number of sulfone groups is 1. The van der Waals surface area contributed by atoms with Crippen LogP contribution in [0.3, 0.4) is 0 Å². The van der Waals surface area contributed by atoms with E-state index in [1.54, 1.807) is 23.8 Å². The minimum Gasteiger partial charge on any atom is -0.222 e. The molecule has 0 aliphatic heterocycles. The summed E-state index contributed by atoms with van der Waals surface area (Å²) in [7, 11) is -8.12. The van der Waals surface area contributed by atoms with E-state index in [0.29, 0.717) is 0 Å². The van der Waals surface area contributed by atoms with E-state index >= 15 is 0 Å². The number of isocyanates is 1. The third kappa shape index (κ3) is 4.04. The van der Waals surface area contributed by atoms with Crippen LogP contribution >= 0.6 is 0 Å². The highest BCUT2D eigenvalue weighted by molar-refractivity contribution is 7.93. The molecular weight excluding hydrogens is 280 g/mol. The van der Waals surface area contributed by atoms with Gasteiger partial charge in [0.1, 0.15) is 5.88 Å². The molecule has 0 aromatic heterocycles. The van der Waals surface area contributed by atoms with Crippen LogP contribution in [0.25, 0.3) is 0 Å². The Bertz CT molecular complexity index is 670. The maximum atomic E-state index is 11.7. The molecule has 0 aliphatic carbocycles. The highest BCUT2D eigenvalue weighted by Gasteiger charge is 2.18. The van der Waals surface area contributed by atoms with E-state index in [1.165, 1.54) is 12.1 Å². The van der Waals surface area contributed by atoms with Gasteiger partial charge in [0.25, 0.3) is 6.08 Å². The fourth-order valence-electron chi connectivity index (χ4n) is 1.06. The first-order valence-corrected chi connectivity index (χ1v) is 7.74. The van der Waals surface area contributed by atoms with Gasteiger partial charge in [0.15, 0.2) is 9.84 Å². The Balaban J connectivity index is 2.90. The smallest absolute Gasteiger partial charge is 0.222 e. The molecule has 18 heavy (non-hydrogen) atoms. The first kappa shape index (κ1) is 14.5.